The van der Waals surface area contributed by atoms with Crippen molar-refractivity contribution in [3.63, 3.8) is 0 Å². The van der Waals surface area contributed by atoms with Crippen molar-refractivity contribution in [2.45, 2.75) is 39.7 Å². The summed E-state index contributed by atoms with van der Waals surface area (Å²) in [6, 6.07) is 13.8. The van der Waals surface area contributed by atoms with Gasteiger partial charge in [-0.2, -0.15) is 0 Å². The van der Waals surface area contributed by atoms with Crippen LogP contribution in [-0.4, -0.2) is 24.0 Å². The predicted molar refractivity (Wildman–Crippen MR) is 122 cm³/mol. The molecule has 0 fully saturated rings. The zero-order chi connectivity index (χ0) is 22.4. The second-order valence-corrected chi connectivity index (χ2v) is 8.05. The van der Waals surface area contributed by atoms with Crippen LogP contribution in [0.3, 0.4) is 0 Å². The third-order valence-corrected chi connectivity index (χ3v) is 6.10. The second-order valence-electron chi connectivity index (χ2n) is 7.67. The minimum Gasteiger partial charge on any atom is -0.376 e. The third kappa shape index (κ3) is 5.23. The zero-order valence-corrected chi connectivity index (χ0v) is 18.6. The van der Waals surface area contributed by atoms with E-state index in [1.807, 2.05) is 12.1 Å². The number of benzene rings is 2. The monoisotopic (exact) mass is 438 g/mol. The molecule has 0 saturated heterocycles. The van der Waals surface area contributed by atoms with Crippen molar-refractivity contribution in [3.05, 3.63) is 81.5 Å². The van der Waals surface area contributed by atoms with Gasteiger partial charge >= 0.3 is 0 Å². The van der Waals surface area contributed by atoms with Crippen molar-refractivity contribution in [1.29, 1.82) is 0 Å². The molecule has 0 heterocycles. The van der Waals surface area contributed by atoms with Gasteiger partial charge in [-0.15, -0.1) is 0 Å². The van der Waals surface area contributed by atoms with Gasteiger partial charge in [-0.05, 0) is 30.0 Å². The maximum Gasteiger partial charge on any atom is 0.251 e. The van der Waals surface area contributed by atoms with Gasteiger partial charge in [0, 0.05) is 29.8 Å². The number of carbonyl (C=O) groups is 3. The van der Waals surface area contributed by atoms with Gasteiger partial charge in [0.1, 0.15) is 10.7 Å². The molecule has 31 heavy (non-hydrogen) atoms. The number of ketones is 2. The summed E-state index contributed by atoms with van der Waals surface area (Å²) in [5.41, 5.74) is 2.23. The minimum absolute atomic E-state index is 0.0964. The van der Waals surface area contributed by atoms with Gasteiger partial charge in [0.2, 0.25) is 11.6 Å². The Bertz CT molecular complexity index is 1010. The quantitative estimate of drug-likeness (QED) is 0.586. The van der Waals surface area contributed by atoms with E-state index < -0.39 is 0 Å². The molecule has 1 aliphatic rings. The van der Waals surface area contributed by atoms with Crippen LogP contribution >= 0.6 is 11.6 Å². The molecular formula is C25H27ClN2O3. The molecule has 0 spiro atoms. The van der Waals surface area contributed by atoms with Crippen molar-refractivity contribution in [1.82, 2.24) is 10.6 Å². The summed E-state index contributed by atoms with van der Waals surface area (Å²) in [5.74, 6) is -0.120. The van der Waals surface area contributed by atoms with Crippen molar-refractivity contribution in [2.75, 3.05) is 6.54 Å². The standard InChI is InChI=1S/C25H27ClN2O3/c1-3-16(4-2)13-14-27-25(31)18-11-9-17(10-12-18)15-28-22-21(26)23(29)19-7-5-6-8-20(19)24(22)30/h5-12,16,28H,3-4,13-15H2,1-2H3,(H,27,31). The molecule has 0 bridgehead atoms. The molecule has 0 saturated carbocycles. The lowest BCUT2D eigenvalue weighted by Crippen LogP contribution is -2.29. The first-order valence-corrected chi connectivity index (χ1v) is 11.0. The molecule has 0 unspecified atom stereocenters. The lowest BCUT2D eigenvalue weighted by Gasteiger charge is -2.19. The number of hydrogen-bond acceptors (Lipinski definition) is 4. The lowest BCUT2D eigenvalue weighted by atomic mass is 9.92. The van der Waals surface area contributed by atoms with Crippen molar-refractivity contribution in [2.24, 2.45) is 5.92 Å². The summed E-state index contributed by atoms with van der Waals surface area (Å²) in [7, 11) is 0. The first-order chi connectivity index (χ1) is 15.0. The van der Waals surface area contributed by atoms with E-state index >= 15 is 0 Å². The lowest BCUT2D eigenvalue weighted by molar-refractivity contribution is 0.0950. The Morgan fingerprint density at radius 1 is 0.935 bits per heavy atom. The molecule has 2 aromatic rings. The number of rotatable bonds is 9. The maximum atomic E-state index is 12.7. The fourth-order valence-corrected chi connectivity index (χ4v) is 3.91. The van der Waals surface area contributed by atoms with Gasteiger partial charge in [-0.1, -0.05) is 74.7 Å². The molecule has 0 radical (unpaired) electrons. The van der Waals surface area contributed by atoms with Gasteiger partial charge in [-0.25, -0.2) is 0 Å². The Labute approximate surface area is 187 Å². The summed E-state index contributed by atoms with van der Waals surface area (Å²) in [5, 5.41) is 5.86. The van der Waals surface area contributed by atoms with Crippen molar-refractivity contribution < 1.29 is 14.4 Å². The third-order valence-electron chi connectivity index (χ3n) is 5.74. The molecule has 3 rings (SSSR count). The average Bonchev–Trinajstić information content (AvgIpc) is 2.80. The van der Waals surface area contributed by atoms with Crippen LogP contribution in [-0.2, 0) is 6.54 Å². The van der Waals surface area contributed by atoms with Crippen molar-refractivity contribution >= 4 is 29.1 Å². The number of carbonyl (C=O) groups excluding carboxylic acids is 3. The molecule has 1 amide bonds. The van der Waals surface area contributed by atoms with Crippen LogP contribution in [0.2, 0.25) is 0 Å². The topological polar surface area (TPSA) is 75.3 Å². The highest BCUT2D eigenvalue weighted by molar-refractivity contribution is 6.49. The second kappa shape index (κ2) is 10.4. The number of halogens is 1. The summed E-state index contributed by atoms with van der Waals surface area (Å²) < 4.78 is 0. The Hall–Kier alpha value is -2.92. The van der Waals surface area contributed by atoms with Gasteiger partial charge in [-0.3, -0.25) is 14.4 Å². The number of fused-ring (bicyclic) bond motifs is 1. The number of allylic oxidation sites excluding steroid dienone is 2. The van der Waals surface area contributed by atoms with Crippen LogP contribution in [0.15, 0.2) is 59.3 Å². The first kappa shape index (κ1) is 22.8. The average molecular weight is 439 g/mol. The summed E-state index contributed by atoms with van der Waals surface area (Å²) >= 11 is 6.17. The number of amides is 1. The highest BCUT2D eigenvalue weighted by Crippen LogP contribution is 2.27. The SMILES string of the molecule is CCC(CC)CCNC(=O)c1ccc(CNC2=C(Cl)C(=O)c3ccccc3C2=O)cc1. The van der Waals surface area contributed by atoms with Gasteiger partial charge < -0.3 is 10.6 Å². The summed E-state index contributed by atoms with van der Waals surface area (Å²) in [6.07, 6.45) is 3.22. The van der Waals surface area contributed by atoms with E-state index in [1.54, 1.807) is 36.4 Å². The van der Waals surface area contributed by atoms with E-state index in [4.69, 9.17) is 11.6 Å². The minimum atomic E-state index is -0.361. The van der Waals surface area contributed by atoms with Gasteiger partial charge in [0.05, 0.1) is 0 Å². The van der Waals surface area contributed by atoms with Crippen LogP contribution in [0.4, 0.5) is 0 Å². The van der Waals surface area contributed by atoms with Crippen LogP contribution in [0.5, 0.6) is 0 Å². The zero-order valence-electron chi connectivity index (χ0n) is 17.8. The molecule has 6 heteroatoms. The fourth-order valence-electron chi connectivity index (χ4n) is 3.66. The van der Waals surface area contributed by atoms with E-state index in [0.717, 1.165) is 24.8 Å². The van der Waals surface area contributed by atoms with Crippen LogP contribution in [0, 0.1) is 5.92 Å². The molecule has 162 valence electrons. The predicted octanol–water partition coefficient (Wildman–Crippen LogP) is 4.86. The first-order valence-electron chi connectivity index (χ1n) is 10.6. The van der Waals surface area contributed by atoms with Crippen LogP contribution < -0.4 is 10.6 Å². The highest BCUT2D eigenvalue weighted by Gasteiger charge is 2.30. The van der Waals surface area contributed by atoms with E-state index in [9.17, 15) is 14.4 Å². The van der Waals surface area contributed by atoms with Gasteiger partial charge in [0.15, 0.2) is 0 Å². The molecular weight excluding hydrogens is 412 g/mol. The molecule has 2 N–H and O–H groups in total. The number of Topliss-reactive ketones (excluding diaryl/α,β-unsaturated/α-hetero) is 2. The summed E-state index contributed by atoms with van der Waals surface area (Å²) in [6.45, 7) is 5.31. The highest BCUT2D eigenvalue weighted by atomic mass is 35.5. The Kier molecular flexibility index (Phi) is 7.64. The Balaban J connectivity index is 1.59. The number of nitrogens with one attached hydrogen (secondary N) is 2. The van der Waals surface area contributed by atoms with Gasteiger partial charge in [0.25, 0.3) is 5.91 Å². The Morgan fingerprint density at radius 2 is 1.55 bits per heavy atom. The number of hydrogen-bond donors (Lipinski definition) is 2. The molecule has 5 nitrogen and oxygen atoms in total. The van der Waals surface area contributed by atoms with Crippen LogP contribution in [0.1, 0.15) is 69.7 Å². The molecule has 0 aromatic heterocycles. The van der Waals surface area contributed by atoms with E-state index in [0.29, 0.717) is 35.7 Å². The Morgan fingerprint density at radius 3 is 2.16 bits per heavy atom. The van der Waals surface area contributed by atoms with E-state index in [2.05, 4.69) is 24.5 Å². The van der Waals surface area contributed by atoms with Crippen molar-refractivity contribution in [3.8, 4) is 0 Å². The smallest absolute Gasteiger partial charge is 0.251 e. The van der Waals surface area contributed by atoms with E-state index in [-0.39, 0.29) is 28.2 Å². The normalized spacial score (nSPS) is 13.4. The van der Waals surface area contributed by atoms with E-state index in [1.165, 1.54) is 0 Å². The molecule has 0 aliphatic heterocycles. The van der Waals surface area contributed by atoms with Crippen LogP contribution in [0.25, 0.3) is 0 Å². The fraction of sp³-hybridized carbons (Fsp3) is 0.320. The maximum absolute atomic E-state index is 12.7. The molecule has 1 aliphatic carbocycles. The molecule has 2 aromatic carbocycles. The summed E-state index contributed by atoms with van der Waals surface area (Å²) in [4.78, 5) is 37.5. The largest absolute Gasteiger partial charge is 0.376 e. The molecule has 0 atom stereocenters.